The van der Waals surface area contributed by atoms with Gasteiger partial charge in [-0.1, -0.05) is 37.0 Å². The van der Waals surface area contributed by atoms with Gasteiger partial charge in [0.1, 0.15) is 12.4 Å². The summed E-state index contributed by atoms with van der Waals surface area (Å²) >= 11 is 18.2. The Morgan fingerprint density at radius 2 is 1.59 bits per heavy atom. The number of alkyl halides is 1. The Morgan fingerprint density at radius 1 is 1.00 bits per heavy atom. The fraction of sp³-hybridized carbons (Fsp3) is 0.400. The smallest absolute Gasteiger partial charge is 0.206 e. The molecule has 2 aromatic carbocycles. The van der Waals surface area contributed by atoms with Crippen molar-refractivity contribution in [1.29, 1.82) is 0 Å². The highest BCUT2D eigenvalue weighted by Crippen LogP contribution is 2.37. The largest absolute Gasteiger partial charge is 0.491 e. The zero-order chi connectivity index (χ0) is 21.6. The summed E-state index contributed by atoms with van der Waals surface area (Å²) in [5.41, 5.74) is 0. The van der Waals surface area contributed by atoms with Gasteiger partial charge in [-0.2, -0.15) is 0 Å². The lowest BCUT2D eigenvalue weighted by atomic mass is 10.2. The Labute approximate surface area is 186 Å². The number of sulfone groups is 1. The Hall–Kier alpha value is -1.18. The minimum atomic E-state index is -3.84. The zero-order valence-electron chi connectivity index (χ0n) is 16.1. The summed E-state index contributed by atoms with van der Waals surface area (Å²) in [6.07, 6.45) is -0.00535. The minimum absolute atomic E-state index is 0.0414. The van der Waals surface area contributed by atoms with E-state index in [-0.39, 0.29) is 38.1 Å². The van der Waals surface area contributed by atoms with Gasteiger partial charge < -0.3 is 14.6 Å². The van der Waals surface area contributed by atoms with Gasteiger partial charge in [-0.25, -0.2) is 8.42 Å². The normalized spacial score (nSPS) is 13.7. The van der Waals surface area contributed by atoms with E-state index in [1.54, 1.807) is 0 Å². The molecule has 0 heterocycles. The molecule has 0 radical (unpaired) electrons. The van der Waals surface area contributed by atoms with E-state index in [4.69, 9.17) is 44.3 Å². The molecule has 2 aromatic rings. The van der Waals surface area contributed by atoms with Crippen LogP contribution in [0.2, 0.25) is 10.0 Å². The molecule has 2 atom stereocenters. The van der Waals surface area contributed by atoms with Crippen LogP contribution in [0.3, 0.4) is 0 Å². The second kappa shape index (κ2) is 10.7. The second-order valence-corrected chi connectivity index (χ2v) is 9.71. The molecule has 9 heteroatoms. The molecule has 0 spiro atoms. The Bertz CT molecular complexity index is 893. The average Bonchev–Trinajstić information content (AvgIpc) is 2.71. The first-order chi connectivity index (χ1) is 13.7. The van der Waals surface area contributed by atoms with E-state index in [1.165, 1.54) is 36.4 Å². The van der Waals surface area contributed by atoms with Gasteiger partial charge in [0.25, 0.3) is 0 Å². The summed E-state index contributed by atoms with van der Waals surface area (Å²) in [6, 6.07) is 8.54. The Balaban J connectivity index is 2.22. The van der Waals surface area contributed by atoms with Crippen molar-refractivity contribution in [3.63, 3.8) is 0 Å². The maximum absolute atomic E-state index is 12.9. The van der Waals surface area contributed by atoms with E-state index in [2.05, 4.69) is 0 Å². The first-order valence-corrected chi connectivity index (χ1v) is 11.8. The third-order valence-electron chi connectivity index (χ3n) is 4.11. The monoisotopic (exact) mass is 480 g/mol. The summed E-state index contributed by atoms with van der Waals surface area (Å²) in [6.45, 7) is 4.19. The molecule has 0 aromatic heterocycles. The van der Waals surface area contributed by atoms with Crippen molar-refractivity contribution in [3.8, 4) is 11.5 Å². The van der Waals surface area contributed by atoms with Crippen LogP contribution in [-0.4, -0.2) is 38.7 Å². The van der Waals surface area contributed by atoms with Crippen molar-refractivity contribution >= 4 is 44.6 Å². The van der Waals surface area contributed by atoms with Crippen LogP contribution in [0.4, 0.5) is 0 Å². The summed E-state index contributed by atoms with van der Waals surface area (Å²) in [5.74, 6) is 1.19. The van der Waals surface area contributed by atoms with Crippen LogP contribution in [0.25, 0.3) is 0 Å². The van der Waals surface area contributed by atoms with Crippen LogP contribution in [0.5, 0.6) is 11.5 Å². The number of rotatable bonds is 10. The molecule has 0 fully saturated rings. The first-order valence-electron chi connectivity index (χ1n) is 9.02. The van der Waals surface area contributed by atoms with E-state index in [0.717, 1.165) is 0 Å². The molecule has 2 rings (SSSR count). The molecule has 5 nitrogen and oxygen atoms in total. The highest BCUT2D eigenvalue weighted by Gasteiger charge is 2.22. The highest BCUT2D eigenvalue weighted by atomic mass is 35.5. The van der Waals surface area contributed by atoms with Crippen LogP contribution < -0.4 is 9.47 Å². The number of hydrogen-bond donors (Lipinski definition) is 1. The van der Waals surface area contributed by atoms with Crippen LogP contribution in [-0.2, 0) is 9.84 Å². The van der Waals surface area contributed by atoms with Gasteiger partial charge in [-0.15, -0.1) is 11.6 Å². The topological polar surface area (TPSA) is 72.8 Å². The molecule has 0 aliphatic rings. The fourth-order valence-electron chi connectivity index (χ4n) is 2.26. The maximum atomic E-state index is 12.9. The second-order valence-electron chi connectivity index (χ2n) is 6.63. The van der Waals surface area contributed by atoms with E-state index in [9.17, 15) is 13.5 Å². The molecular formula is C20H23Cl3O5S. The number of halogens is 3. The number of aliphatic hydroxyl groups excluding tert-OH is 1. The molecule has 0 aliphatic carbocycles. The van der Waals surface area contributed by atoms with Crippen molar-refractivity contribution in [3.05, 3.63) is 46.4 Å². The van der Waals surface area contributed by atoms with Crippen molar-refractivity contribution in [2.24, 2.45) is 5.92 Å². The molecule has 0 unspecified atom stereocenters. The lowest BCUT2D eigenvalue weighted by Crippen LogP contribution is -2.16. The summed E-state index contributed by atoms with van der Waals surface area (Å²) in [7, 11) is -3.84. The minimum Gasteiger partial charge on any atom is -0.491 e. The van der Waals surface area contributed by atoms with Crippen LogP contribution in [0, 0.1) is 5.92 Å². The summed E-state index contributed by atoms with van der Waals surface area (Å²) in [4.78, 5) is 0.0257. The first kappa shape index (κ1) is 24.1. The number of hydrogen-bond acceptors (Lipinski definition) is 5. The lowest BCUT2D eigenvalue weighted by molar-refractivity contribution is 0.104. The van der Waals surface area contributed by atoms with E-state index in [1.807, 2.05) is 13.8 Å². The van der Waals surface area contributed by atoms with Crippen LogP contribution in [0.15, 0.2) is 46.2 Å². The van der Waals surface area contributed by atoms with Gasteiger partial charge in [0.05, 0.1) is 32.5 Å². The van der Waals surface area contributed by atoms with Crippen LogP contribution in [0.1, 0.15) is 20.3 Å². The number of aliphatic hydroxyl groups is 1. The predicted molar refractivity (Wildman–Crippen MR) is 116 cm³/mol. The Kier molecular flexibility index (Phi) is 8.91. The molecule has 0 saturated heterocycles. The molecular weight excluding hydrogens is 459 g/mol. The number of ether oxygens (including phenoxy) is 2. The van der Waals surface area contributed by atoms with Gasteiger partial charge >= 0.3 is 0 Å². The SMILES string of the molecule is CC[C@@H](O)COc1ccc(S(=O)(=O)c2cc(Cl)c(OC[C@H](C)CCl)c(Cl)c2)cc1. The molecule has 0 aliphatic heterocycles. The Morgan fingerprint density at radius 3 is 2.10 bits per heavy atom. The van der Waals surface area contributed by atoms with Gasteiger partial charge in [-0.3, -0.25) is 0 Å². The summed E-state index contributed by atoms with van der Waals surface area (Å²) in [5, 5.41) is 9.75. The van der Waals surface area contributed by atoms with Gasteiger partial charge in [-0.05, 0) is 42.8 Å². The van der Waals surface area contributed by atoms with Crippen molar-refractivity contribution in [2.75, 3.05) is 19.1 Å². The fourth-order valence-corrected chi connectivity index (χ4v) is 4.39. The third-order valence-corrected chi connectivity index (χ3v) is 6.94. The van der Waals surface area contributed by atoms with Gasteiger partial charge in [0.15, 0.2) is 5.75 Å². The average molecular weight is 482 g/mol. The lowest BCUT2D eigenvalue weighted by Gasteiger charge is -2.15. The van der Waals surface area contributed by atoms with Crippen molar-refractivity contribution in [1.82, 2.24) is 0 Å². The quantitative estimate of drug-likeness (QED) is 0.470. The molecule has 0 amide bonds. The molecule has 1 N–H and O–H groups in total. The van der Waals surface area contributed by atoms with Gasteiger partial charge in [0.2, 0.25) is 9.84 Å². The van der Waals surface area contributed by atoms with Gasteiger partial charge in [0, 0.05) is 11.8 Å². The molecule has 29 heavy (non-hydrogen) atoms. The van der Waals surface area contributed by atoms with E-state index >= 15 is 0 Å². The summed E-state index contributed by atoms with van der Waals surface area (Å²) < 4.78 is 36.9. The van der Waals surface area contributed by atoms with Crippen molar-refractivity contribution in [2.45, 2.75) is 36.2 Å². The van der Waals surface area contributed by atoms with Crippen molar-refractivity contribution < 1.29 is 23.0 Å². The molecule has 0 saturated carbocycles. The standard InChI is InChI=1S/C20H23Cl3O5S/c1-3-14(24)12-27-15-4-6-16(7-5-15)29(25,26)17-8-18(22)20(19(23)9-17)28-11-13(2)10-21/h4-9,13-14,24H,3,10-12H2,1-2H3/t13-,14-/m1/s1. The maximum Gasteiger partial charge on any atom is 0.206 e. The van der Waals surface area contributed by atoms with E-state index in [0.29, 0.717) is 24.7 Å². The highest BCUT2D eigenvalue weighted by molar-refractivity contribution is 7.91. The van der Waals surface area contributed by atoms with Crippen LogP contribution >= 0.6 is 34.8 Å². The third kappa shape index (κ3) is 6.40. The predicted octanol–water partition coefficient (Wildman–Crippen LogP) is 5.23. The molecule has 160 valence electrons. The number of benzene rings is 2. The zero-order valence-corrected chi connectivity index (χ0v) is 19.2. The van der Waals surface area contributed by atoms with E-state index < -0.39 is 15.9 Å². The molecule has 0 bridgehead atoms.